The van der Waals surface area contributed by atoms with Gasteiger partial charge in [-0.3, -0.25) is 0 Å². The van der Waals surface area contributed by atoms with E-state index in [9.17, 15) is 0 Å². The molecule has 5 rings (SSSR count). The molecule has 0 spiro atoms. The molecule has 1 aliphatic rings. The maximum Gasteiger partial charge on any atom is 0.0723 e. The number of hydrogen-bond acceptors (Lipinski definition) is 3. The van der Waals surface area contributed by atoms with Crippen LogP contribution in [0, 0.1) is 0 Å². The molecule has 5 heteroatoms. The van der Waals surface area contributed by atoms with Crippen LogP contribution in [0.2, 0.25) is 10.0 Å². The fourth-order valence-corrected chi connectivity index (χ4v) is 6.62. The van der Waals surface area contributed by atoms with Crippen LogP contribution in [-0.2, 0) is 6.42 Å². The third-order valence-electron chi connectivity index (χ3n) is 5.95. The van der Waals surface area contributed by atoms with E-state index in [-0.39, 0.29) is 0 Å². The van der Waals surface area contributed by atoms with Crippen LogP contribution < -0.4 is 0 Å². The van der Waals surface area contributed by atoms with Gasteiger partial charge in [-0.2, -0.15) is 0 Å². The molecule has 0 bridgehead atoms. The molecule has 3 aromatic carbocycles. The summed E-state index contributed by atoms with van der Waals surface area (Å²) < 4.78 is 1.26. The van der Waals surface area contributed by atoms with Crippen molar-refractivity contribution < 1.29 is 0 Å². The van der Waals surface area contributed by atoms with Gasteiger partial charge in [-0.15, -0.1) is 11.8 Å². The van der Waals surface area contributed by atoms with Gasteiger partial charge in [0.05, 0.1) is 25.7 Å². The molecule has 0 saturated carbocycles. The number of hydrogen-bond donors (Lipinski definition) is 0. The summed E-state index contributed by atoms with van der Waals surface area (Å²) in [7, 11) is 0. The second-order valence-electron chi connectivity index (χ2n) is 8.12. The molecule has 0 N–H and O–H groups in total. The average molecular weight is 521 g/mol. The number of rotatable bonds is 5. The monoisotopic (exact) mass is 519 g/mol. The normalized spacial score (nSPS) is 14.6. The summed E-state index contributed by atoms with van der Waals surface area (Å²) in [5, 5.41) is 1.16. The first-order valence-corrected chi connectivity index (χ1v) is 14.0. The fourth-order valence-electron chi connectivity index (χ4n) is 4.34. The topological polar surface area (TPSA) is 12.9 Å². The van der Waals surface area contributed by atoms with E-state index in [0.717, 1.165) is 41.1 Å². The standard InChI is InChI=1S/C29H23Cl2NS2/c1-33-29(34-21-15-16-25(30)26(31)17-21)23-14-8-13-22-24(19-9-4-2-5-10-19)18-27(32-28(22)23)20-11-6-3-7-12-20/h2-7,9-12,15-18H,8,13-14H2,1H3. The van der Waals surface area contributed by atoms with Gasteiger partial charge >= 0.3 is 0 Å². The molecule has 1 nitrogen and oxygen atoms in total. The van der Waals surface area contributed by atoms with Crippen LogP contribution in [0.1, 0.15) is 24.1 Å². The molecule has 0 atom stereocenters. The zero-order valence-electron chi connectivity index (χ0n) is 18.7. The van der Waals surface area contributed by atoms with E-state index in [1.165, 1.54) is 26.5 Å². The largest absolute Gasteiger partial charge is 0.248 e. The first-order chi connectivity index (χ1) is 16.6. The Balaban J connectivity index is 1.69. The van der Waals surface area contributed by atoms with Crippen molar-refractivity contribution in [2.24, 2.45) is 0 Å². The van der Waals surface area contributed by atoms with Crippen molar-refractivity contribution in [3.05, 3.63) is 110 Å². The quantitative estimate of drug-likeness (QED) is 0.243. The summed E-state index contributed by atoms with van der Waals surface area (Å²) in [5.41, 5.74) is 8.45. The summed E-state index contributed by atoms with van der Waals surface area (Å²) in [4.78, 5) is 6.35. The minimum Gasteiger partial charge on any atom is -0.248 e. The van der Waals surface area contributed by atoms with Crippen LogP contribution in [0.25, 0.3) is 28.0 Å². The zero-order valence-corrected chi connectivity index (χ0v) is 21.9. The molecule has 0 aliphatic heterocycles. The van der Waals surface area contributed by atoms with Gasteiger partial charge < -0.3 is 0 Å². The molecule has 4 aromatic rings. The van der Waals surface area contributed by atoms with Gasteiger partial charge in [-0.05, 0) is 72.0 Å². The van der Waals surface area contributed by atoms with Gasteiger partial charge in [0.1, 0.15) is 0 Å². The van der Waals surface area contributed by atoms with Crippen LogP contribution >= 0.6 is 46.7 Å². The Morgan fingerprint density at radius 3 is 2.18 bits per heavy atom. The molecule has 0 fully saturated rings. The smallest absolute Gasteiger partial charge is 0.0723 e. The van der Waals surface area contributed by atoms with Crippen LogP contribution in [0.5, 0.6) is 0 Å². The lowest BCUT2D eigenvalue weighted by Crippen LogP contribution is -2.09. The minimum atomic E-state index is 0.578. The molecular formula is C29H23Cl2NS2. The van der Waals surface area contributed by atoms with E-state index in [4.69, 9.17) is 28.2 Å². The van der Waals surface area contributed by atoms with Crippen molar-refractivity contribution in [1.82, 2.24) is 4.98 Å². The van der Waals surface area contributed by atoms with E-state index in [1.54, 1.807) is 23.5 Å². The van der Waals surface area contributed by atoms with Crippen molar-refractivity contribution in [3.63, 3.8) is 0 Å². The van der Waals surface area contributed by atoms with E-state index in [0.29, 0.717) is 10.0 Å². The predicted molar refractivity (Wildman–Crippen MR) is 151 cm³/mol. The maximum atomic E-state index is 6.30. The van der Waals surface area contributed by atoms with Crippen molar-refractivity contribution in [3.8, 4) is 22.4 Å². The molecular weight excluding hydrogens is 497 g/mol. The van der Waals surface area contributed by atoms with Gasteiger partial charge in [0.15, 0.2) is 0 Å². The Morgan fingerprint density at radius 2 is 1.50 bits per heavy atom. The molecule has 170 valence electrons. The Morgan fingerprint density at radius 1 is 0.794 bits per heavy atom. The van der Waals surface area contributed by atoms with E-state index in [1.807, 2.05) is 24.3 Å². The van der Waals surface area contributed by atoms with Gasteiger partial charge in [-0.25, -0.2) is 4.98 Å². The van der Waals surface area contributed by atoms with Gasteiger partial charge in [0.2, 0.25) is 0 Å². The predicted octanol–water partition coefficient (Wildman–Crippen LogP) is 9.88. The summed E-state index contributed by atoms with van der Waals surface area (Å²) in [6.07, 6.45) is 5.29. The molecule has 1 heterocycles. The van der Waals surface area contributed by atoms with Crippen molar-refractivity contribution in [2.75, 3.05) is 6.26 Å². The number of aromatic nitrogens is 1. The summed E-state index contributed by atoms with van der Waals surface area (Å²) in [5.74, 6) is 0. The lowest BCUT2D eigenvalue weighted by atomic mass is 9.86. The SMILES string of the molecule is CSC(Sc1ccc(Cl)c(Cl)c1)=C1CCCc2c(-c3ccccc3)cc(-c3ccccc3)nc21. The maximum absolute atomic E-state index is 6.30. The van der Waals surface area contributed by atoms with Crippen LogP contribution in [0.15, 0.2) is 94.1 Å². The Kier molecular flexibility index (Phi) is 7.36. The van der Waals surface area contributed by atoms with Gasteiger partial charge in [-0.1, -0.05) is 95.6 Å². The van der Waals surface area contributed by atoms with Crippen molar-refractivity contribution in [1.29, 1.82) is 0 Å². The average Bonchev–Trinajstić information content (AvgIpc) is 2.89. The lowest BCUT2D eigenvalue weighted by Gasteiger charge is -2.25. The first-order valence-electron chi connectivity index (χ1n) is 11.2. The number of pyridine rings is 1. The van der Waals surface area contributed by atoms with E-state index >= 15 is 0 Å². The van der Waals surface area contributed by atoms with Crippen LogP contribution in [0.3, 0.4) is 0 Å². The van der Waals surface area contributed by atoms with E-state index < -0.39 is 0 Å². The third kappa shape index (κ3) is 4.94. The highest BCUT2D eigenvalue weighted by Gasteiger charge is 2.24. The third-order valence-corrected chi connectivity index (χ3v) is 8.98. The van der Waals surface area contributed by atoms with Crippen molar-refractivity contribution in [2.45, 2.75) is 24.2 Å². The molecule has 0 unspecified atom stereocenters. The zero-order chi connectivity index (χ0) is 23.5. The number of nitrogens with zero attached hydrogens (tertiary/aromatic N) is 1. The number of thioether (sulfide) groups is 2. The van der Waals surface area contributed by atoms with E-state index in [2.05, 4.69) is 66.9 Å². The molecule has 1 aliphatic carbocycles. The highest BCUT2D eigenvalue weighted by Crippen LogP contribution is 2.46. The molecule has 34 heavy (non-hydrogen) atoms. The molecule has 0 radical (unpaired) electrons. The number of allylic oxidation sites excluding steroid dienone is 1. The van der Waals surface area contributed by atoms with Gasteiger partial charge in [0, 0.05) is 10.5 Å². The summed E-state index contributed by atoms with van der Waals surface area (Å²) in [6, 6.07) is 29.2. The van der Waals surface area contributed by atoms with Crippen LogP contribution in [0.4, 0.5) is 0 Å². The minimum absolute atomic E-state index is 0.578. The van der Waals surface area contributed by atoms with Gasteiger partial charge in [0.25, 0.3) is 0 Å². The molecule has 0 saturated heterocycles. The van der Waals surface area contributed by atoms with Crippen LogP contribution in [-0.4, -0.2) is 11.2 Å². The summed E-state index contributed by atoms with van der Waals surface area (Å²) in [6.45, 7) is 0. The summed E-state index contributed by atoms with van der Waals surface area (Å²) >= 11 is 16.0. The first kappa shape index (κ1) is 23.6. The second kappa shape index (κ2) is 10.6. The lowest BCUT2D eigenvalue weighted by molar-refractivity contribution is 0.811. The molecule has 0 amide bonds. The Labute approximate surface area is 219 Å². The van der Waals surface area contributed by atoms with Crippen molar-refractivity contribution >= 4 is 52.3 Å². The number of fused-ring (bicyclic) bond motifs is 1. The Bertz CT molecular complexity index is 1350. The second-order valence-corrected chi connectivity index (χ2v) is 11.1. The molecule has 1 aromatic heterocycles. The number of halogens is 2. The fraction of sp³-hybridized carbons (Fsp3) is 0.138. The Hall–Kier alpha value is -2.17. The highest BCUT2D eigenvalue weighted by atomic mass is 35.5. The highest BCUT2D eigenvalue weighted by molar-refractivity contribution is 8.22. The number of benzene rings is 3.